The van der Waals surface area contributed by atoms with Gasteiger partial charge in [0.1, 0.15) is 0 Å². The molecule has 2 fully saturated rings. The summed E-state index contributed by atoms with van der Waals surface area (Å²) < 4.78 is 5.54. The maximum Gasteiger partial charge on any atom is 0.244 e. The fraction of sp³-hybridized carbons (Fsp3) is 0.556. The molecule has 0 radical (unpaired) electrons. The number of benzene rings is 1. The Balaban J connectivity index is 0.00000156. The van der Waals surface area contributed by atoms with E-state index < -0.39 is 0 Å². The SMILES string of the molecule is CCc1ccc(-c2noc(C3CC4CCCCC4N3)n2)cc1.Cl. The molecule has 1 N–H and O–H groups in total. The molecule has 2 heterocycles. The van der Waals surface area contributed by atoms with Crippen LogP contribution >= 0.6 is 12.4 Å². The Morgan fingerprint density at radius 1 is 1.17 bits per heavy atom. The Labute approximate surface area is 143 Å². The summed E-state index contributed by atoms with van der Waals surface area (Å²) in [4.78, 5) is 4.64. The summed E-state index contributed by atoms with van der Waals surface area (Å²) in [6.07, 6.45) is 7.54. The topological polar surface area (TPSA) is 51.0 Å². The van der Waals surface area contributed by atoms with E-state index in [1.807, 2.05) is 0 Å². The minimum atomic E-state index is 0. The number of rotatable bonds is 3. The molecule has 1 aliphatic carbocycles. The van der Waals surface area contributed by atoms with Gasteiger partial charge in [-0.05, 0) is 37.2 Å². The van der Waals surface area contributed by atoms with Gasteiger partial charge >= 0.3 is 0 Å². The maximum absolute atomic E-state index is 5.54. The predicted octanol–water partition coefficient (Wildman–Crippen LogP) is 4.31. The van der Waals surface area contributed by atoms with Crippen LogP contribution in [0.2, 0.25) is 0 Å². The van der Waals surface area contributed by atoms with Gasteiger partial charge in [-0.25, -0.2) is 0 Å². The lowest BCUT2D eigenvalue weighted by molar-refractivity contribution is 0.324. The summed E-state index contributed by atoms with van der Waals surface area (Å²) in [6.45, 7) is 2.16. The van der Waals surface area contributed by atoms with Crippen molar-refractivity contribution in [3.8, 4) is 11.4 Å². The minimum Gasteiger partial charge on any atom is -0.337 e. The van der Waals surface area contributed by atoms with Crippen LogP contribution in [0, 0.1) is 5.92 Å². The summed E-state index contributed by atoms with van der Waals surface area (Å²) in [6, 6.07) is 9.31. The van der Waals surface area contributed by atoms with Gasteiger partial charge in [0.2, 0.25) is 11.7 Å². The van der Waals surface area contributed by atoms with Crippen LogP contribution in [0.15, 0.2) is 28.8 Å². The summed E-state index contributed by atoms with van der Waals surface area (Å²) in [5.74, 6) is 2.25. The highest BCUT2D eigenvalue weighted by atomic mass is 35.5. The summed E-state index contributed by atoms with van der Waals surface area (Å²) in [5, 5.41) is 7.87. The number of nitrogens with zero attached hydrogens (tertiary/aromatic N) is 2. The van der Waals surface area contributed by atoms with Crippen molar-refractivity contribution in [2.75, 3.05) is 0 Å². The van der Waals surface area contributed by atoms with Gasteiger partial charge in [0.15, 0.2) is 0 Å². The number of hydrogen-bond donors (Lipinski definition) is 1. The molecule has 4 rings (SSSR count). The summed E-state index contributed by atoms with van der Waals surface area (Å²) in [7, 11) is 0. The number of halogens is 1. The fourth-order valence-electron chi connectivity index (χ4n) is 3.89. The van der Waals surface area contributed by atoms with Gasteiger partial charge in [-0.1, -0.05) is 49.2 Å². The van der Waals surface area contributed by atoms with Crippen molar-refractivity contribution in [2.24, 2.45) is 5.92 Å². The normalized spacial score (nSPS) is 26.6. The first-order valence-corrected chi connectivity index (χ1v) is 8.52. The molecule has 0 spiro atoms. The van der Waals surface area contributed by atoms with Crippen LogP contribution < -0.4 is 5.32 Å². The van der Waals surface area contributed by atoms with Crippen LogP contribution in [0.25, 0.3) is 11.4 Å². The lowest BCUT2D eigenvalue weighted by Crippen LogP contribution is -2.30. The molecular weight excluding hydrogens is 310 g/mol. The Bertz CT molecular complexity index is 626. The van der Waals surface area contributed by atoms with Gasteiger partial charge in [0.05, 0.1) is 6.04 Å². The molecule has 0 amide bonds. The van der Waals surface area contributed by atoms with Crippen molar-refractivity contribution in [1.82, 2.24) is 15.5 Å². The van der Waals surface area contributed by atoms with Crippen LogP contribution in [0.3, 0.4) is 0 Å². The monoisotopic (exact) mass is 333 g/mol. The Kier molecular flexibility index (Phi) is 5.02. The third-order valence-electron chi connectivity index (χ3n) is 5.22. The van der Waals surface area contributed by atoms with Crippen LogP contribution in [0.1, 0.15) is 56.5 Å². The smallest absolute Gasteiger partial charge is 0.244 e. The molecule has 2 aromatic rings. The second kappa shape index (κ2) is 7.02. The first kappa shape index (κ1) is 16.5. The van der Waals surface area contributed by atoms with E-state index in [0.717, 1.165) is 30.2 Å². The zero-order valence-corrected chi connectivity index (χ0v) is 14.3. The van der Waals surface area contributed by atoms with E-state index in [1.54, 1.807) is 0 Å². The van der Waals surface area contributed by atoms with E-state index in [9.17, 15) is 0 Å². The van der Waals surface area contributed by atoms with Crippen LogP contribution in [-0.2, 0) is 6.42 Å². The molecule has 1 saturated carbocycles. The van der Waals surface area contributed by atoms with Gasteiger partial charge < -0.3 is 9.84 Å². The molecule has 23 heavy (non-hydrogen) atoms. The van der Waals surface area contributed by atoms with Crippen molar-refractivity contribution in [1.29, 1.82) is 0 Å². The zero-order valence-electron chi connectivity index (χ0n) is 13.5. The van der Waals surface area contributed by atoms with Crippen molar-refractivity contribution in [2.45, 2.75) is 57.5 Å². The van der Waals surface area contributed by atoms with Crippen LogP contribution in [0.5, 0.6) is 0 Å². The van der Waals surface area contributed by atoms with Gasteiger partial charge in [-0.3, -0.25) is 0 Å². The summed E-state index contributed by atoms with van der Waals surface area (Å²) >= 11 is 0. The average Bonchev–Trinajstić information content (AvgIpc) is 3.21. The Hall–Kier alpha value is -1.39. The molecule has 5 heteroatoms. The third-order valence-corrected chi connectivity index (χ3v) is 5.22. The molecular formula is C18H24ClN3O. The van der Waals surface area contributed by atoms with Gasteiger partial charge in [-0.15, -0.1) is 12.4 Å². The maximum atomic E-state index is 5.54. The lowest BCUT2D eigenvalue weighted by atomic mass is 9.85. The van der Waals surface area contributed by atoms with E-state index in [-0.39, 0.29) is 18.4 Å². The summed E-state index contributed by atoms with van der Waals surface area (Å²) in [5.41, 5.74) is 2.36. The molecule has 3 atom stereocenters. The largest absolute Gasteiger partial charge is 0.337 e. The number of hydrogen-bond acceptors (Lipinski definition) is 4. The molecule has 124 valence electrons. The van der Waals surface area contributed by atoms with Crippen molar-refractivity contribution >= 4 is 12.4 Å². The third kappa shape index (κ3) is 3.29. The predicted molar refractivity (Wildman–Crippen MR) is 92.6 cm³/mol. The number of aromatic nitrogens is 2. The van der Waals surface area contributed by atoms with Gasteiger partial charge in [0, 0.05) is 11.6 Å². The number of aryl methyl sites for hydroxylation is 1. The molecule has 1 saturated heterocycles. The van der Waals surface area contributed by atoms with Gasteiger partial charge in [0.25, 0.3) is 0 Å². The quantitative estimate of drug-likeness (QED) is 0.909. The van der Waals surface area contributed by atoms with Crippen molar-refractivity contribution in [3.63, 3.8) is 0 Å². The van der Waals surface area contributed by atoms with Gasteiger partial charge in [-0.2, -0.15) is 4.98 Å². The highest BCUT2D eigenvalue weighted by Crippen LogP contribution is 2.38. The van der Waals surface area contributed by atoms with Crippen LogP contribution in [-0.4, -0.2) is 16.2 Å². The standard InChI is InChI=1S/C18H23N3O.ClH/c1-2-12-7-9-13(10-8-12)17-20-18(22-21-17)16-11-14-5-3-4-6-15(14)19-16;/h7-10,14-16,19H,2-6,11H2,1H3;1H. The average molecular weight is 334 g/mol. The van der Waals surface area contributed by atoms with Crippen molar-refractivity contribution in [3.05, 3.63) is 35.7 Å². The number of nitrogens with one attached hydrogen (secondary N) is 1. The first-order valence-electron chi connectivity index (χ1n) is 8.52. The Morgan fingerprint density at radius 2 is 1.96 bits per heavy atom. The van der Waals surface area contributed by atoms with Crippen molar-refractivity contribution < 1.29 is 4.52 Å². The van der Waals surface area contributed by atoms with E-state index in [2.05, 4.69) is 46.6 Å². The van der Waals surface area contributed by atoms with E-state index >= 15 is 0 Å². The van der Waals surface area contributed by atoms with Crippen LogP contribution in [0.4, 0.5) is 0 Å². The number of fused-ring (bicyclic) bond motifs is 1. The molecule has 1 aliphatic heterocycles. The minimum absolute atomic E-state index is 0. The highest BCUT2D eigenvalue weighted by molar-refractivity contribution is 5.85. The molecule has 3 unspecified atom stereocenters. The molecule has 1 aromatic heterocycles. The van der Waals surface area contributed by atoms with E-state index in [1.165, 1.54) is 31.2 Å². The first-order chi connectivity index (χ1) is 10.8. The molecule has 2 aliphatic rings. The second-order valence-corrected chi connectivity index (χ2v) is 6.61. The molecule has 4 nitrogen and oxygen atoms in total. The molecule has 1 aromatic carbocycles. The fourth-order valence-corrected chi connectivity index (χ4v) is 3.89. The zero-order chi connectivity index (χ0) is 14.9. The highest BCUT2D eigenvalue weighted by Gasteiger charge is 2.38. The Morgan fingerprint density at radius 3 is 2.70 bits per heavy atom. The van der Waals surface area contributed by atoms with E-state index in [4.69, 9.17) is 4.52 Å². The molecule has 0 bridgehead atoms. The lowest BCUT2D eigenvalue weighted by Gasteiger charge is -2.24. The second-order valence-electron chi connectivity index (χ2n) is 6.61. The van der Waals surface area contributed by atoms with E-state index in [0.29, 0.717) is 11.9 Å².